The number of nitrogens with zero attached hydrogens (tertiary/aromatic N) is 1. The second-order valence-electron chi connectivity index (χ2n) is 3.29. The van der Waals surface area contributed by atoms with Gasteiger partial charge >= 0.3 is 0 Å². The molecule has 0 saturated heterocycles. The number of aryl methyl sites for hydroxylation is 1. The summed E-state index contributed by atoms with van der Waals surface area (Å²) in [6, 6.07) is 4.53. The zero-order valence-electron chi connectivity index (χ0n) is 8.04. The van der Waals surface area contributed by atoms with Gasteiger partial charge in [0.25, 0.3) is 0 Å². The van der Waals surface area contributed by atoms with Crippen LogP contribution >= 0.6 is 0 Å². The van der Waals surface area contributed by atoms with E-state index in [1.165, 1.54) is 5.69 Å². The Morgan fingerprint density at radius 2 is 1.92 bits per heavy atom. The van der Waals surface area contributed by atoms with Crippen LogP contribution in [0.1, 0.15) is 38.2 Å². The summed E-state index contributed by atoms with van der Waals surface area (Å²) >= 11 is 0. The highest BCUT2D eigenvalue weighted by Crippen LogP contribution is 2.16. The van der Waals surface area contributed by atoms with Crippen molar-refractivity contribution in [1.29, 1.82) is 0 Å². The molecule has 2 nitrogen and oxygen atoms in total. The molecule has 1 rings (SSSR count). The Balaban J connectivity index is 3.07. The maximum absolute atomic E-state index is 9.06. The Kier molecular flexibility index (Phi) is 2.93. The minimum Gasteiger partial charge on any atom is -0.390 e. The lowest BCUT2D eigenvalue weighted by Gasteiger charge is -2.15. The predicted octanol–water partition coefficient (Wildman–Crippen LogP) is 2.12. The van der Waals surface area contributed by atoms with Gasteiger partial charge in [-0.2, -0.15) is 0 Å². The van der Waals surface area contributed by atoms with Crippen molar-refractivity contribution in [2.45, 2.75) is 39.8 Å². The van der Waals surface area contributed by atoms with Gasteiger partial charge in [0.15, 0.2) is 0 Å². The van der Waals surface area contributed by atoms with Crippen molar-refractivity contribution in [3.63, 3.8) is 0 Å². The molecule has 1 aromatic heterocycles. The van der Waals surface area contributed by atoms with Crippen molar-refractivity contribution in [2.24, 2.45) is 0 Å². The molecule has 1 heterocycles. The summed E-state index contributed by atoms with van der Waals surface area (Å²) < 4.78 is 2.19. The lowest BCUT2D eigenvalue weighted by Crippen LogP contribution is -2.08. The van der Waals surface area contributed by atoms with E-state index in [0.29, 0.717) is 6.04 Å². The highest BCUT2D eigenvalue weighted by atomic mass is 16.3. The van der Waals surface area contributed by atoms with Crippen molar-refractivity contribution in [2.75, 3.05) is 0 Å². The van der Waals surface area contributed by atoms with Crippen molar-refractivity contribution >= 4 is 0 Å². The van der Waals surface area contributed by atoms with Crippen LogP contribution in [0.15, 0.2) is 12.1 Å². The summed E-state index contributed by atoms with van der Waals surface area (Å²) in [6.07, 6.45) is 1.03. The summed E-state index contributed by atoms with van der Waals surface area (Å²) in [7, 11) is 0. The Hall–Kier alpha value is -0.760. The molecule has 0 saturated carbocycles. The van der Waals surface area contributed by atoms with Crippen LogP contribution in [0.4, 0.5) is 0 Å². The fraction of sp³-hybridized carbons (Fsp3) is 0.600. The number of aromatic nitrogens is 1. The van der Waals surface area contributed by atoms with Gasteiger partial charge in [-0.15, -0.1) is 0 Å². The molecule has 0 unspecified atom stereocenters. The number of aliphatic hydroxyl groups is 1. The molecule has 0 aliphatic rings. The minimum absolute atomic E-state index is 0.137. The molecule has 68 valence electrons. The molecular formula is C10H17NO. The van der Waals surface area contributed by atoms with Crippen LogP contribution in [-0.4, -0.2) is 9.67 Å². The van der Waals surface area contributed by atoms with Crippen molar-refractivity contribution in [1.82, 2.24) is 4.57 Å². The molecular weight excluding hydrogens is 150 g/mol. The van der Waals surface area contributed by atoms with Crippen LogP contribution in [0, 0.1) is 0 Å². The quantitative estimate of drug-likeness (QED) is 0.733. The van der Waals surface area contributed by atoms with Gasteiger partial charge in [-0.25, -0.2) is 0 Å². The molecule has 0 aliphatic heterocycles. The van der Waals surface area contributed by atoms with Crippen molar-refractivity contribution in [3.05, 3.63) is 23.5 Å². The number of rotatable bonds is 3. The zero-order valence-corrected chi connectivity index (χ0v) is 8.04. The zero-order chi connectivity index (χ0) is 9.14. The van der Waals surface area contributed by atoms with E-state index in [2.05, 4.69) is 31.4 Å². The van der Waals surface area contributed by atoms with Crippen molar-refractivity contribution < 1.29 is 5.11 Å². The van der Waals surface area contributed by atoms with Gasteiger partial charge in [0.05, 0.1) is 6.61 Å². The molecule has 0 radical (unpaired) electrons. The molecule has 0 fully saturated rings. The van der Waals surface area contributed by atoms with Crippen molar-refractivity contribution in [3.8, 4) is 0 Å². The van der Waals surface area contributed by atoms with E-state index in [4.69, 9.17) is 5.11 Å². The van der Waals surface area contributed by atoms with E-state index >= 15 is 0 Å². The lowest BCUT2D eigenvalue weighted by atomic mass is 10.3. The van der Waals surface area contributed by atoms with Gasteiger partial charge in [-0.1, -0.05) is 6.92 Å². The predicted molar refractivity (Wildman–Crippen MR) is 50.1 cm³/mol. The Morgan fingerprint density at radius 3 is 2.33 bits per heavy atom. The summed E-state index contributed by atoms with van der Waals surface area (Å²) in [5.41, 5.74) is 2.32. The van der Waals surface area contributed by atoms with Gasteiger partial charge in [-0.05, 0) is 32.4 Å². The molecule has 1 aromatic rings. The Labute approximate surface area is 73.8 Å². The number of hydrogen-bond acceptors (Lipinski definition) is 1. The molecule has 0 aromatic carbocycles. The lowest BCUT2D eigenvalue weighted by molar-refractivity contribution is 0.267. The van der Waals surface area contributed by atoms with Crippen LogP contribution in [0.5, 0.6) is 0 Å². The van der Waals surface area contributed by atoms with Gasteiger partial charge in [-0.3, -0.25) is 0 Å². The van der Waals surface area contributed by atoms with E-state index in [1.54, 1.807) is 0 Å². The SMILES string of the molecule is CCc1ccc(CO)n1C(C)C. The van der Waals surface area contributed by atoms with Crippen LogP contribution in [0.25, 0.3) is 0 Å². The first-order valence-electron chi connectivity index (χ1n) is 4.50. The normalized spacial score (nSPS) is 11.1. The van der Waals surface area contributed by atoms with Gasteiger partial charge in [0.2, 0.25) is 0 Å². The monoisotopic (exact) mass is 167 g/mol. The molecule has 2 heteroatoms. The molecule has 0 spiro atoms. The van der Waals surface area contributed by atoms with E-state index in [1.807, 2.05) is 6.07 Å². The number of aliphatic hydroxyl groups excluding tert-OH is 1. The van der Waals surface area contributed by atoms with E-state index in [9.17, 15) is 0 Å². The third-order valence-corrected chi connectivity index (χ3v) is 2.13. The van der Waals surface area contributed by atoms with E-state index in [-0.39, 0.29) is 6.61 Å². The van der Waals surface area contributed by atoms with Gasteiger partial charge in [0, 0.05) is 17.4 Å². The minimum atomic E-state index is 0.137. The van der Waals surface area contributed by atoms with E-state index < -0.39 is 0 Å². The first-order chi connectivity index (χ1) is 5.70. The van der Waals surface area contributed by atoms with Gasteiger partial charge in [0.1, 0.15) is 0 Å². The first kappa shape index (κ1) is 9.33. The summed E-state index contributed by atoms with van der Waals surface area (Å²) in [6.45, 7) is 6.55. The fourth-order valence-corrected chi connectivity index (χ4v) is 1.62. The second kappa shape index (κ2) is 3.76. The molecule has 12 heavy (non-hydrogen) atoms. The van der Waals surface area contributed by atoms with Crippen LogP contribution in [0.3, 0.4) is 0 Å². The smallest absolute Gasteiger partial charge is 0.0833 e. The maximum Gasteiger partial charge on any atom is 0.0833 e. The summed E-state index contributed by atoms with van der Waals surface area (Å²) in [5.74, 6) is 0. The highest BCUT2D eigenvalue weighted by molar-refractivity contribution is 5.16. The fourth-order valence-electron chi connectivity index (χ4n) is 1.62. The third-order valence-electron chi connectivity index (χ3n) is 2.13. The maximum atomic E-state index is 9.06. The molecule has 1 N–H and O–H groups in total. The number of hydrogen-bond donors (Lipinski definition) is 1. The molecule has 0 bridgehead atoms. The Bertz CT molecular complexity index is 229. The average molecular weight is 167 g/mol. The second-order valence-corrected chi connectivity index (χ2v) is 3.29. The van der Waals surface area contributed by atoms with Gasteiger partial charge < -0.3 is 9.67 Å². The molecule has 0 aliphatic carbocycles. The topological polar surface area (TPSA) is 25.2 Å². The highest BCUT2D eigenvalue weighted by Gasteiger charge is 2.07. The standard InChI is InChI=1S/C10H17NO/c1-4-9-5-6-10(7-12)11(9)8(2)3/h5-6,8,12H,4,7H2,1-3H3. The van der Waals surface area contributed by atoms with Crippen LogP contribution < -0.4 is 0 Å². The summed E-state index contributed by atoms with van der Waals surface area (Å²) in [4.78, 5) is 0. The first-order valence-corrected chi connectivity index (χ1v) is 4.50. The van der Waals surface area contributed by atoms with Crippen LogP contribution in [0.2, 0.25) is 0 Å². The molecule has 0 atom stereocenters. The van der Waals surface area contributed by atoms with E-state index in [0.717, 1.165) is 12.1 Å². The Morgan fingerprint density at radius 1 is 1.33 bits per heavy atom. The average Bonchev–Trinajstić information content (AvgIpc) is 2.46. The largest absolute Gasteiger partial charge is 0.390 e. The van der Waals surface area contributed by atoms with Crippen LogP contribution in [-0.2, 0) is 13.0 Å². The molecule has 0 amide bonds. The third kappa shape index (κ3) is 1.53. The summed E-state index contributed by atoms with van der Waals surface area (Å²) in [5, 5.41) is 9.06.